The van der Waals surface area contributed by atoms with Crippen LogP contribution in [0.1, 0.15) is 37.0 Å². The van der Waals surface area contributed by atoms with Gasteiger partial charge in [0.1, 0.15) is 0 Å². The van der Waals surface area contributed by atoms with Gasteiger partial charge in [-0.3, -0.25) is 0 Å². The predicted octanol–water partition coefficient (Wildman–Crippen LogP) is 2.44. The lowest BCUT2D eigenvalue weighted by Gasteiger charge is -2.34. The Hall–Kier alpha value is -0.860. The van der Waals surface area contributed by atoms with Crippen LogP contribution in [0.2, 0.25) is 0 Å². The summed E-state index contributed by atoms with van der Waals surface area (Å²) in [6.07, 6.45) is 4.19. The smallest absolute Gasteiger partial charge is 0.0984 e. The summed E-state index contributed by atoms with van der Waals surface area (Å²) in [5, 5.41) is 3.56. The highest BCUT2D eigenvalue weighted by Gasteiger charge is 2.32. The molecule has 2 nitrogen and oxygen atoms in total. The molecule has 0 aliphatic carbocycles. The zero-order valence-electron chi connectivity index (χ0n) is 9.78. The van der Waals surface area contributed by atoms with Crippen molar-refractivity contribution in [2.24, 2.45) is 0 Å². The summed E-state index contributed by atoms with van der Waals surface area (Å²) in [6, 6.07) is 9.25. The quantitative estimate of drug-likeness (QED) is 0.780. The highest BCUT2D eigenvalue weighted by molar-refractivity contribution is 5.32. The van der Waals surface area contributed by atoms with Crippen molar-refractivity contribution in [2.45, 2.75) is 44.4 Å². The highest BCUT2D eigenvalue weighted by atomic mass is 16.5. The van der Waals surface area contributed by atoms with E-state index in [-0.39, 0.29) is 6.10 Å². The Morgan fingerprint density at radius 2 is 2.19 bits per heavy atom. The van der Waals surface area contributed by atoms with E-state index >= 15 is 0 Å². The van der Waals surface area contributed by atoms with Gasteiger partial charge in [-0.25, -0.2) is 0 Å². The van der Waals surface area contributed by atoms with E-state index in [0.717, 1.165) is 13.0 Å². The van der Waals surface area contributed by atoms with Crippen molar-refractivity contribution in [3.05, 3.63) is 35.4 Å². The highest BCUT2D eigenvalue weighted by Crippen LogP contribution is 2.34. The van der Waals surface area contributed by atoms with Crippen molar-refractivity contribution in [1.29, 1.82) is 0 Å². The van der Waals surface area contributed by atoms with Crippen molar-refractivity contribution in [1.82, 2.24) is 5.32 Å². The molecule has 86 valence electrons. The molecule has 0 radical (unpaired) electrons. The molecule has 0 spiro atoms. The number of hydrogen-bond donors (Lipinski definition) is 1. The number of ether oxygens (including phenoxy) is 1. The molecular weight excluding hydrogens is 198 g/mol. The van der Waals surface area contributed by atoms with Crippen LogP contribution in [-0.2, 0) is 11.2 Å². The molecule has 16 heavy (non-hydrogen) atoms. The Balaban J connectivity index is 1.93. The lowest BCUT2D eigenvalue weighted by molar-refractivity contribution is -0.0325. The monoisotopic (exact) mass is 217 g/mol. The van der Waals surface area contributed by atoms with E-state index in [9.17, 15) is 0 Å². The van der Waals surface area contributed by atoms with Gasteiger partial charge in [-0.1, -0.05) is 24.3 Å². The van der Waals surface area contributed by atoms with Crippen LogP contribution in [0.15, 0.2) is 24.3 Å². The zero-order valence-corrected chi connectivity index (χ0v) is 9.78. The summed E-state index contributed by atoms with van der Waals surface area (Å²) in [5.41, 5.74) is 2.87. The zero-order chi connectivity index (χ0) is 11.0. The summed E-state index contributed by atoms with van der Waals surface area (Å²) in [4.78, 5) is 0. The molecule has 1 saturated heterocycles. The van der Waals surface area contributed by atoms with Crippen LogP contribution < -0.4 is 5.32 Å². The second-order valence-electron chi connectivity index (χ2n) is 4.97. The molecule has 2 heterocycles. The van der Waals surface area contributed by atoms with Crippen molar-refractivity contribution in [3.63, 3.8) is 0 Å². The van der Waals surface area contributed by atoms with Crippen molar-refractivity contribution in [3.8, 4) is 0 Å². The Labute approximate surface area is 97.0 Å². The van der Waals surface area contributed by atoms with E-state index in [2.05, 4.69) is 36.5 Å². The second-order valence-corrected chi connectivity index (χ2v) is 4.97. The van der Waals surface area contributed by atoms with Crippen LogP contribution in [0.5, 0.6) is 0 Å². The average Bonchev–Trinajstić information content (AvgIpc) is 2.81. The number of benzene rings is 1. The van der Waals surface area contributed by atoms with Gasteiger partial charge in [-0.05, 0) is 43.9 Å². The first-order chi connectivity index (χ1) is 7.84. The molecular formula is C14H19NO. The maximum atomic E-state index is 6.13. The van der Waals surface area contributed by atoms with Gasteiger partial charge >= 0.3 is 0 Å². The molecule has 3 rings (SSSR count). The molecule has 2 aliphatic heterocycles. The standard InChI is InChI=1S/C14H19NO/c1-10-9-11-5-2-3-6-12(11)14(16-10)13-7-4-8-15-13/h2-3,5-6,10,13-15H,4,7-9H2,1H3/t10?,13?,14-/m0/s1. The Morgan fingerprint density at radius 3 is 3.00 bits per heavy atom. The Morgan fingerprint density at radius 1 is 1.31 bits per heavy atom. The lowest BCUT2D eigenvalue weighted by Crippen LogP contribution is -2.36. The maximum absolute atomic E-state index is 6.13. The van der Waals surface area contributed by atoms with Gasteiger partial charge in [0.15, 0.2) is 0 Å². The largest absolute Gasteiger partial charge is 0.369 e. The van der Waals surface area contributed by atoms with Crippen molar-refractivity contribution < 1.29 is 4.74 Å². The minimum absolute atomic E-state index is 0.266. The molecule has 0 saturated carbocycles. The topological polar surface area (TPSA) is 21.3 Å². The first-order valence-electron chi connectivity index (χ1n) is 6.31. The number of nitrogens with one attached hydrogen (secondary N) is 1. The summed E-state index contributed by atoms with van der Waals surface area (Å²) in [7, 11) is 0. The van der Waals surface area contributed by atoms with Gasteiger partial charge in [0.25, 0.3) is 0 Å². The molecule has 0 aromatic heterocycles. The molecule has 1 aromatic carbocycles. The molecule has 0 amide bonds. The van der Waals surface area contributed by atoms with E-state index in [4.69, 9.17) is 4.74 Å². The normalized spacial score (nSPS) is 33.7. The lowest BCUT2D eigenvalue weighted by atomic mass is 9.90. The fraction of sp³-hybridized carbons (Fsp3) is 0.571. The van der Waals surface area contributed by atoms with Gasteiger partial charge in [0.2, 0.25) is 0 Å². The Kier molecular flexibility index (Phi) is 2.70. The third kappa shape index (κ3) is 1.76. The average molecular weight is 217 g/mol. The number of rotatable bonds is 1. The molecule has 1 aromatic rings. The van der Waals surface area contributed by atoms with Crippen LogP contribution in [-0.4, -0.2) is 18.7 Å². The summed E-state index contributed by atoms with van der Waals surface area (Å²) >= 11 is 0. The van der Waals surface area contributed by atoms with Gasteiger partial charge in [-0.2, -0.15) is 0 Å². The first kappa shape index (κ1) is 10.3. The minimum Gasteiger partial charge on any atom is -0.369 e. The molecule has 1 fully saturated rings. The van der Waals surface area contributed by atoms with Gasteiger partial charge in [-0.15, -0.1) is 0 Å². The number of hydrogen-bond acceptors (Lipinski definition) is 2. The van der Waals surface area contributed by atoms with Crippen LogP contribution in [0, 0.1) is 0 Å². The number of fused-ring (bicyclic) bond motifs is 1. The van der Waals surface area contributed by atoms with Crippen LogP contribution in [0.3, 0.4) is 0 Å². The fourth-order valence-electron chi connectivity index (χ4n) is 2.96. The van der Waals surface area contributed by atoms with E-state index < -0.39 is 0 Å². The van der Waals surface area contributed by atoms with Crippen LogP contribution in [0.4, 0.5) is 0 Å². The molecule has 2 unspecified atom stereocenters. The predicted molar refractivity (Wildman–Crippen MR) is 64.5 cm³/mol. The maximum Gasteiger partial charge on any atom is 0.0984 e. The molecule has 0 bridgehead atoms. The van der Waals surface area contributed by atoms with E-state index in [1.54, 1.807) is 0 Å². The molecule has 2 heteroatoms. The van der Waals surface area contributed by atoms with E-state index in [0.29, 0.717) is 12.1 Å². The third-order valence-corrected chi connectivity index (χ3v) is 3.71. The summed E-state index contributed by atoms with van der Waals surface area (Å²) in [6.45, 7) is 3.32. The third-order valence-electron chi connectivity index (χ3n) is 3.71. The van der Waals surface area contributed by atoms with E-state index in [1.165, 1.54) is 24.0 Å². The minimum atomic E-state index is 0.266. The SMILES string of the molecule is CC1Cc2ccccc2[C@@H](C2CCCN2)O1. The summed E-state index contributed by atoms with van der Waals surface area (Å²) in [5.74, 6) is 0. The second kappa shape index (κ2) is 4.19. The van der Waals surface area contributed by atoms with Crippen molar-refractivity contribution >= 4 is 0 Å². The molecule has 3 atom stereocenters. The fourth-order valence-corrected chi connectivity index (χ4v) is 2.96. The van der Waals surface area contributed by atoms with E-state index in [1.807, 2.05) is 0 Å². The molecule has 2 aliphatic rings. The Bertz CT molecular complexity index is 371. The molecule has 1 N–H and O–H groups in total. The van der Waals surface area contributed by atoms with Gasteiger partial charge in [0, 0.05) is 6.04 Å². The van der Waals surface area contributed by atoms with Crippen molar-refractivity contribution in [2.75, 3.05) is 6.54 Å². The van der Waals surface area contributed by atoms with Gasteiger partial charge in [0.05, 0.1) is 12.2 Å². The first-order valence-corrected chi connectivity index (χ1v) is 6.31. The summed E-state index contributed by atoms with van der Waals surface area (Å²) < 4.78 is 6.13. The van der Waals surface area contributed by atoms with Crippen LogP contribution >= 0.6 is 0 Å². The van der Waals surface area contributed by atoms with Crippen LogP contribution in [0.25, 0.3) is 0 Å². The van der Waals surface area contributed by atoms with Gasteiger partial charge < -0.3 is 10.1 Å².